The van der Waals surface area contributed by atoms with Gasteiger partial charge in [0, 0.05) is 16.7 Å². The number of hydrogen-bond acceptors (Lipinski definition) is 3. The van der Waals surface area contributed by atoms with Gasteiger partial charge in [0.2, 0.25) is 0 Å². The first kappa shape index (κ1) is 73.7. The molecule has 0 aliphatic heterocycles. The van der Waals surface area contributed by atoms with Crippen molar-refractivity contribution >= 4 is 8.60 Å². The molecular formula is C78H135O3P. The molecule has 470 valence electrons. The fourth-order valence-corrected chi connectivity index (χ4v) is 13.3. The second-order valence-electron chi connectivity index (χ2n) is 30.9. The van der Waals surface area contributed by atoms with Crippen LogP contribution in [0.1, 0.15) is 389 Å². The molecule has 0 bridgehead atoms. The first-order valence-electron chi connectivity index (χ1n) is 35.1. The van der Waals surface area contributed by atoms with Gasteiger partial charge in [0.15, 0.2) is 0 Å². The van der Waals surface area contributed by atoms with E-state index in [0.29, 0.717) is 0 Å². The molecule has 0 atom stereocenters. The van der Waals surface area contributed by atoms with Crippen LogP contribution in [0.2, 0.25) is 0 Å². The summed E-state index contributed by atoms with van der Waals surface area (Å²) in [6.45, 7) is 42.7. The van der Waals surface area contributed by atoms with Crippen molar-refractivity contribution in [2.45, 2.75) is 388 Å². The van der Waals surface area contributed by atoms with E-state index in [2.05, 4.69) is 179 Å². The molecule has 0 heterocycles. The minimum absolute atomic E-state index is 0.00995. The van der Waals surface area contributed by atoms with Crippen molar-refractivity contribution in [2.24, 2.45) is 0 Å². The van der Waals surface area contributed by atoms with Gasteiger partial charge in [-0.15, -0.1) is 0 Å². The van der Waals surface area contributed by atoms with Crippen LogP contribution in [0.15, 0.2) is 54.6 Å². The lowest BCUT2D eigenvalue weighted by atomic mass is 9.76. The lowest BCUT2D eigenvalue weighted by Crippen LogP contribution is -2.23. The van der Waals surface area contributed by atoms with Crippen molar-refractivity contribution in [1.29, 1.82) is 0 Å². The van der Waals surface area contributed by atoms with E-state index in [1.54, 1.807) is 0 Å². The molecule has 82 heavy (non-hydrogen) atoms. The number of unbranched alkanes of at least 4 members (excludes halogenated alkanes) is 30. The molecule has 0 aromatic heterocycles. The molecule has 0 aliphatic carbocycles. The molecule has 0 spiro atoms. The predicted octanol–water partition coefficient (Wildman–Crippen LogP) is 27.3. The molecule has 0 aliphatic rings. The van der Waals surface area contributed by atoms with Gasteiger partial charge < -0.3 is 13.6 Å². The summed E-state index contributed by atoms with van der Waals surface area (Å²) < 4.78 is 22.5. The summed E-state index contributed by atoms with van der Waals surface area (Å²) in [7, 11) is -1.98. The molecule has 4 heteroatoms. The first-order chi connectivity index (χ1) is 38.8. The average molecular weight is 1150 g/mol. The molecule has 0 saturated heterocycles. The second kappa shape index (κ2) is 37.9. The number of hydrogen-bond donors (Lipinski definition) is 0. The first-order valence-corrected chi connectivity index (χ1v) is 36.2. The van der Waals surface area contributed by atoms with E-state index in [-0.39, 0.29) is 32.5 Å². The molecule has 0 N–H and O–H groups in total. The SMILES string of the molecule is CCCCCCCCCCCCCC(C)(C)c1cc(C(C)(C)C)ccc1OP(Oc1ccc(C(C)(C)C)cc1C(C)(C)CCCCCCCCCCCCC)Oc1ccc(C(C)(C)C)cc1C(C)(C)CCCCCCCCCCCCC. The van der Waals surface area contributed by atoms with E-state index in [0.717, 1.165) is 36.5 Å². The van der Waals surface area contributed by atoms with Crippen molar-refractivity contribution in [1.82, 2.24) is 0 Å². The van der Waals surface area contributed by atoms with E-state index in [4.69, 9.17) is 13.6 Å². The largest absolute Gasteiger partial charge is 0.530 e. The average Bonchev–Trinajstić information content (AvgIpc) is 3.61. The Bertz CT molecular complexity index is 1900. The summed E-state index contributed by atoms with van der Waals surface area (Å²) in [5, 5.41) is 0. The Morgan fingerprint density at radius 1 is 0.256 bits per heavy atom. The summed E-state index contributed by atoms with van der Waals surface area (Å²) >= 11 is 0. The zero-order chi connectivity index (χ0) is 60.7. The molecule has 3 rings (SSSR count). The maximum Gasteiger partial charge on any atom is 0.530 e. The zero-order valence-corrected chi connectivity index (χ0v) is 58.7. The Morgan fingerprint density at radius 2 is 0.439 bits per heavy atom. The Kier molecular flexibility index (Phi) is 34.1. The summed E-state index contributed by atoms with van der Waals surface area (Å²) in [5.74, 6) is 2.65. The maximum atomic E-state index is 7.51. The Morgan fingerprint density at radius 3 is 0.622 bits per heavy atom. The molecule has 0 saturated carbocycles. The monoisotopic (exact) mass is 1150 g/mol. The van der Waals surface area contributed by atoms with Gasteiger partial charge in [0.05, 0.1) is 0 Å². The van der Waals surface area contributed by atoms with Crippen LogP contribution in [-0.2, 0) is 32.5 Å². The van der Waals surface area contributed by atoms with Gasteiger partial charge in [-0.3, -0.25) is 0 Å². The summed E-state index contributed by atoms with van der Waals surface area (Å²) in [6, 6.07) is 21.0. The Hall–Kier alpha value is -2.51. The summed E-state index contributed by atoms with van der Waals surface area (Å²) in [4.78, 5) is 0. The van der Waals surface area contributed by atoms with Crippen LogP contribution in [0.25, 0.3) is 0 Å². The predicted molar refractivity (Wildman–Crippen MR) is 367 cm³/mol. The van der Waals surface area contributed by atoms with Crippen molar-refractivity contribution in [2.75, 3.05) is 0 Å². The highest BCUT2D eigenvalue weighted by molar-refractivity contribution is 7.43. The smallest absolute Gasteiger partial charge is 0.408 e. The summed E-state index contributed by atoms with van der Waals surface area (Å²) in [6.07, 6.45) is 47.8. The molecule has 0 radical (unpaired) electrons. The van der Waals surface area contributed by atoms with Gasteiger partial charge in [-0.25, -0.2) is 0 Å². The molecule has 3 nitrogen and oxygen atoms in total. The van der Waals surface area contributed by atoms with Gasteiger partial charge in [-0.2, -0.15) is 0 Å². The number of benzene rings is 3. The van der Waals surface area contributed by atoms with Crippen molar-refractivity contribution < 1.29 is 13.6 Å². The number of rotatable bonds is 45. The third-order valence-electron chi connectivity index (χ3n) is 18.5. The van der Waals surface area contributed by atoms with Gasteiger partial charge in [0.25, 0.3) is 0 Å². The van der Waals surface area contributed by atoms with Crippen LogP contribution in [0.5, 0.6) is 17.2 Å². The van der Waals surface area contributed by atoms with E-state index < -0.39 is 8.60 Å². The fourth-order valence-electron chi connectivity index (χ4n) is 12.2. The van der Waals surface area contributed by atoms with Crippen molar-refractivity contribution in [3.8, 4) is 17.2 Å². The fraction of sp³-hybridized carbons (Fsp3) is 0.769. The van der Waals surface area contributed by atoms with E-state index in [1.165, 1.54) is 245 Å². The Labute approximate surface area is 513 Å². The summed E-state index contributed by atoms with van der Waals surface area (Å²) in [5.41, 5.74) is 7.38. The standard InChI is InChI=1S/C78H135O3P/c1-19-22-25-28-31-34-37-40-43-46-49-58-76(13,14)67-61-64(73(4,5)6)52-55-70(67)79-82(80-71-56-53-65(74(7,8)9)62-68(71)77(15,16)59-50-47-44-41-38-35-32-29-26-23-20-2)81-72-57-54-66(75(10,11)12)63-69(72)78(17,18)60-51-48-45-42-39-36-33-30-27-24-21-3/h52-57,61-63H,19-51,58-60H2,1-18H3. The second-order valence-corrected chi connectivity index (χ2v) is 31.9. The lowest BCUT2D eigenvalue weighted by molar-refractivity contribution is 0.358. The topological polar surface area (TPSA) is 27.7 Å². The molecule has 0 unspecified atom stereocenters. The Balaban J connectivity index is 2.07. The molecule has 3 aromatic rings. The van der Waals surface area contributed by atoms with Crippen LogP contribution in [0.3, 0.4) is 0 Å². The quantitative estimate of drug-likeness (QED) is 0.0417. The van der Waals surface area contributed by atoms with Crippen LogP contribution in [0, 0.1) is 0 Å². The molecular weight excluding hydrogens is 1020 g/mol. The molecule has 3 aromatic carbocycles. The maximum absolute atomic E-state index is 7.51. The minimum atomic E-state index is -1.98. The highest BCUT2D eigenvalue weighted by Gasteiger charge is 2.35. The third-order valence-corrected chi connectivity index (χ3v) is 19.5. The van der Waals surface area contributed by atoms with Crippen LogP contribution < -0.4 is 13.6 Å². The zero-order valence-electron chi connectivity index (χ0n) is 57.8. The third kappa shape index (κ3) is 28.3. The highest BCUT2D eigenvalue weighted by atomic mass is 31.2. The van der Waals surface area contributed by atoms with Crippen LogP contribution >= 0.6 is 8.60 Å². The van der Waals surface area contributed by atoms with Gasteiger partial charge in [-0.05, 0) is 86.6 Å². The van der Waals surface area contributed by atoms with Crippen molar-refractivity contribution in [3.63, 3.8) is 0 Å². The van der Waals surface area contributed by atoms with Gasteiger partial charge in [0.1, 0.15) is 17.2 Å². The molecule has 0 fully saturated rings. The van der Waals surface area contributed by atoms with Crippen LogP contribution in [-0.4, -0.2) is 0 Å². The van der Waals surface area contributed by atoms with Gasteiger partial charge >= 0.3 is 8.60 Å². The van der Waals surface area contributed by atoms with Crippen LogP contribution in [0.4, 0.5) is 0 Å². The van der Waals surface area contributed by atoms with Gasteiger partial charge in [-0.1, -0.05) is 373 Å². The lowest BCUT2D eigenvalue weighted by Gasteiger charge is -2.33. The van der Waals surface area contributed by atoms with E-state index in [9.17, 15) is 0 Å². The van der Waals surface area contributed by atoms with E-state index in [1.807, 2.05) is 0 Å². The normalized spacial score (nSPS) is 12.9. The molecule has 0 amide bonds. The highest BCUT2D eigenvalue weighted by Crippen LogP contribution is 2.52. The van der Waals surface area contributed by atoms with E-state index >= 15 is 0 Å². The minimum Gasteiger partial charge on any atom is -0.408 e. The van der Waals surface area contributed by atoms with Crippen molar-refractivity contribution in [3.05, 3.63) is 88.0 Å².